The zero-order valence-corrected chi connectivity index (χ0v) is 14.8. The molecule has 1 unspecified atom stereocenters. The molecular weight excluding hydrogens is 312 g/mol. The van der Waals surface area contributed by atoms with Crippen LogP contribution in [-0.2, 0) is 11.2 Å². The number of likely N-dealkylation sites (N-methyl/N-ethyl adjacent to an activating group) is 1. The van der Waals surface area contributed by atoms with Crippen molar-refractivity contribution in [2.45, 2.75) is 26.3 Å². The fourth-order valence-corrected chi connectivity index (χ4v) is 2.69. The average molecular weight is 334 g/mol. The van der Waals surface area contributed by atoms with E-state index in [1.165, 1.54) is 11.9 Å². The average Bonchev–Trinajstić information content (AvgIpc) is 3.17. The molecule has 0 aliphatic heterocycles. The molecule has 2 aromatic carbocycles. The number of benzene rings is 2. The summed E-state index contributed by atoms with van der Waals surface area (Å²) in [7, 11) is 1.85. The lowest BCUT2D eigenvalue weighted by atomic mass is 10.0. The van der Waals surface area contributed by atoms with Crippen molar-refractivity contribution in [2.24, 2.45) is 0 Å². The number of carbonyl (C=O) groups excluding carboxylic acids is 1. The van der Waals surface area contributed by atoms with Crippen molar-refractivity contribution >= 4 is 5.91 Å². The minimum Gasteiger partial charge on any atom is -0.339 e. The van der Waals surface area contributed by atoms with Crippen LogP contribution in [0.4, 0.5) is 0 Å². The van der Waals surface area contributed by atoms with E-state index in [1.54, 1.807) is 15.9 Å². The van der Waals surface area contributed by atoms with Crippen molar-refractivity contribution in [1.82, 2.24) is 19.7 Å². The van der Waals surface area contributed by atoms with Crippen molar-refractivity contribution in [3.63, 3.8) is 0 Å². The van der Waals surface area contributed by atoms with E-state index in [1.807, 2.05) is 69.4 Å². The van der Waals surface area contributed by atoms with Crippen LogP contribution in [-0.4, -0.2) is 32.6 Å². The van der Waals surface area contributed by atoms with Crippen molar-refractivity contribution in [2.75, 3.05) is 7.05 Å². The number of aryl methyl sites for hydroxylation is 1. The predicted octanol–water partition coefficient (Wildman–Crippen LogP) is 3.34. The van der Waals surface area contributed by atoms with Gasteiger partial charge in [-0.05, 0) is 37.1 Å². The number of amides is 1. The SMILES string of the molecule is Cc1ccc(CC(=O)N(C)C(C)c2ccc(-n3cncn3)cc2)cc1. The Balaban J connectivity index is 1.67. The van der Waals surface area contributed by atoms with Gasteiger partial charge >= 0.3 is 0 Å². The zero-order valence-electron chi connectivity index (χ0n) is 14.8. The summed E-state index contributed by atoms with van der Waals surface area (Å²) in [5.74, 6) is 0.108. The van der Waals surface area contributed by atoms with E-state index < -0.39 is 0 Å². The summed E-state index contributed by atoms with van der Waals surface area (Å²) in [6.45, 7) is 4.08. The van der Waals surface area contributed by atoms with Crippen LogP contribution in [0.5, 0.6) is 0 Å². The van der Waals surface area contributed by atoms with Crippen molar-refractivity contribution in [1.29, 1.82) is 0 Å². The normalized spacial score (nSPS) is 12.0. The summed E-state index contributed by atoms with van der Waals surface area (Å²) in [4.78, 5) is 18.3. The van der Waals surface area contributed by atoms with E-state index >= 15 is 0 Å². The Hall–Kier alpha value is -2.95. The quantitative estimate of drug-likeness (QED) is 0.719. The van der Waals surface area contributed by atoms with Gasteiger partial charge in [0.15, 0.2) is 0 Å². The largest absolute Gasteiger partial charge is 0.339 e. The van der Waals surface area contributed by atoms with E-state index in [0.29, 0.717) is 6.42 Å². The Kier molecular flexibility index (Phi) is 4.93. The van der Waals surface area contributed by atoms with Gasteiger partial charge in [-0.25, -0.2) is 9.67 Å². The Bertz CT molecular complexity index is 823. The molecule has 0 fully saturated rings. The molecule has 0 spiro atoms. The van der Waals surface area contributed by atoms with Crippen LogP contribution in [0.3, 0.4) is 0 Å². The van der Waals surface area contributed by atoms with Gasteiger partial charge in [0.05, 0.1) is 18.2 Å². The van der Waals surface area contributed by atoms with E-state index in [2.05, 4.69) is 10.1 Å². The molecule has 25 heavy (non-hydrogen) atoms. The number of nitrogens with zero attached hydrogens (tertiary/aromatic N) is 4. The summed E-state index contributed by atoms with van der Waals surface area (Å²) in [6, 6.07) is 16.1. The highest BCUT2D eigenvalue weighted by Gasteiger charge is 2.17. The highest BCUT2D eigenvalue weighted by Crippen LogP contribution is 2.21. The molecule has 0 saturated carbocycles. The summed E-state index contributed by atoms with van der Waals surface area (Å²) >= 11 is 0. The maximum absolute atomic E-state index is 12.6. The molecule has 1 heterocycles. The molecule has 0 bridgehead atoms. The van der Waals surface area contributed by atoms with Crippen molar-refractivity contribution in [3.05, 3.63) is 77.9 Å². The van der Waals surface area contributed by atoms with Gasteiger partial charge in [-0.3, -0.25) is 4.79 Å². The third kappa shape index (κ3) is 3.94. The minimum absolute atomic E-state index is 0.00254. The van der Waals surface area contributed by atoms with Gasteiger partial charge < -0.3 is 4.90 Å². The number of rotatable bonds is 5. The Morgan fingerprint density at radius 2 is 1.80 bits per heavy atom. The van der Waals surface area contributed by atoms with Crippen LogP contribution in [0.1, 0.15) is 29.7 Å². The van der Waals surface area contributed by atoms with Crippen LogP contribution in [0.25, 0.3) is 5.69 Å². The second-order valence-electron chi connectivity index (χ2n) is 6.27. The fourth-order valence-electron chi connectivity index (χ4n) is 2.69. The van der Waals surface area contributed by atoms with Gasteiger partial charge in [0.25, 0.3) is 0 Å². The van der Waals surface area contributed by atoms with E-state index in [9.17, 15) is 4.79 Å². The van der Waals surface area contributed by atoms with Crippen LogP contribution >= 0.6 is 0 Å². The first-order valence-electron chi connectivity index (χ1n) is 8.31. The molecule has 0 saturated heterocycles. The third-order valence-corrected chi connectivity index (χ3v) is 4.51. The molecule has 0 aliphatic rings. The van der Waals surface area contributed by atoms with E-state index in [4.69, 9.17) is 0 Å². The highest BCUT2D eigenvalue weighted by molar-refractivity contribution is 5.79. The van der Waals surface area contributed by atoms with Gasteiger partial charge in [-0.1, -0.05) is 42.0 Å². The number of hydrogen-bond acceptors (Lipinski definition) is 3. The van der Waals surface area contributed by atoms with Gasteiger partial charge in [0, 0.05) is 7.05 Å². The molecule has 0 aliphatic carbocycles. The molecule has 3 aromatic rings. The lowest BCUT2D eigenvalue weighted by molar-refractivity contribution is -0.131. The lowest BCUT2D eigenvalue weighted by Crippen LogP contribution is -2.30. The Morgan fingerprint density at radius 3 is 2.40 bits per heavy atom. The molecule has 0 radical (unpaired) electrons. The molecule has 1 amide bonds. The first-order valence-corrected chi connectivity index (χ1v) is 8.31. The zero-order chi connectivity index (χ0) is 17.8. The third-order valence-electron chi connectivity index (χ3n) is 4.51. The Morgan fingerprint density at radius 1 is 1.12 bits per heavy atom. The van der Waals surface area contributed by atoms with Crippen molar-refractivity contribution in [3.8, 4) is 5.69 Å². The van der Waals surface area contributed by atoms with Crippen LogP contribution in [0.15, 0.2) is 61.2 Å². The molecule has 128 valence electrons. The summed E-state index contributed by atoms with van der Waals surface area (Å²) in [6.07, 6.45) is 3.59. The fraction of sp³-hybridized carbons (Fsp3) is 0.250. The number of carbonyl (C=O) groups is 1. The predicted molar refractivity (Wildman–Crippen MR) is 97.4 cm³/mol. The van der Waals surface area contributed by atoms with Crippen LogP contribution < -0.4 is 0 Å². The summed E-state index contributed by atoms with van der Waals surface area (Å²) < 4.78 is 1.71. The highest BCUT2D eigenvalue weighted by atomic mass is 16.2. The van der Waals surface area contributed by atoms with Gasteiger partial charge in [-0.2, -0.15) is 5.10 Å². The maximum Gasteiger partial charge on any atom is 0.227 e. The standard InChI is InChI=1S/C20H22N4O/c1-15-4-6-17(7-5-15)12-20(25)23(3)16(2)18-8-10-19(11-9-18)24-14-21-13-22-24/h4-11,13-14,16H,12H2,1-3H3. The molecule has 5 heteroatoms. The van der Waals surface area contributed by atoms with Crippen LogP contribution in [0.2, 0.25) is 0 Å². The molecular formula is C20H22N4O. The van der Waals surface area contributed by atoms with Crippen molar-refractivity contribution < 1.29 is 4.79 Å². The number of hydrogen-bond donors (Lipinski definition) is 0. The molecule has 0 N–H and O–H groups in total. The van der Waals surface area contributed by atoms with Gasteiger partial charge in [0.2, 0.25) is 5.91 Å². The second kappa shape index (κ2) is 7.30. The molecule has 1 atom stereocenters. The van der Waals surface area contributed by atoms with Crippen LogP contribution in [0, 0.1) is 6.92 Å². The lowest BCUT2D eigenvalue weighted by Gasteiger charge is -2.25. The summed E-state index contributed by atoms with van der Waals surface area (Å²) in [5.41, 5.74) is 4.27. The van der Waals surface area contributed by atoms with Gasteiger partial charge in [-0.15, -0.1) is 0 Å². The molecule has 5 nitrogen and oxygen atoms in total. The smallest absolute Gasteiger partial charge is 0.227 e. The molecule has 3 rings (SSSR count). The molecule has 1 aromatic heterocycles. The van der Waals surface area contributed by atoms with E-state index in [0.717, 1.165) is 16.8 Å². The first-order chi connectivity index (χ1) is 12.0. The number of aromatic nitrogens is 3. The minimum atomic E-state index is 0.00254. The summed E-state index contributed by atoms with van der Waals surface area (Å²) in [5, 5.41) is 4.12. The van der Waals surface area contributed by atoms with E-state index in [-0.39, 0.29) is 11.9 Å². The first kappa shape index (κ1) is 16.9. The van der Waals surface area contributed by atoms with Gasteiger partial charge in [0.1, 0.15) is 12.7 Å². The monoisotopic (exact) mass is 334 g/mol. The topological polar surface area (TPSA) is 51.0 Å². The second-order valence-corrected chi connectivity index (χ2v) is 6.27. The maximum atomic E-state index is 12.6. The Labute approximate surface area is 147 Å².